The molecule has 0 heteroatoms. The first-order valence-electron chi connectivity index (χ1n) is 23.4. The van der Waals surface area contributed by atoms with Gasteiger partial charge in [-0.3, -0.25) is 0 Å². The molecule has 0 saturated heterocycles. The van der Waals surface area contributed by atoms with Crippen LogP contribution >= 0.6 is 0 Å². The van der Waals surface area contributed by atoms with Crippen LogP contribution in [0.2, 0.25) is 0 Å². The summed E-state index contributed by atoms with van der Waals surface area (Å²) in [5.41, 5.74) is 8.64. The first-order valence-corrected chi connectivity index (χ1v) is 23.4. The Labute approximate surface area is 346 Å². The van der Waals surface area contributed by atoms with Crippen molar-refractivity contribution in [2.24, 2.45) is 17.3 Å². The van der Waals surface area contributed by atoms with Gasteiger partial charge in [-0.15, -0.1) is 0 Å². The van der Waals surface area contributed by atoms with Crippen molar-refractivity contribution in [3.63, 3.8) is 0 Å². The summed E-state index contributed by atoms with van der Waals surface area (Å²) in [6.07, 6.45) is 33.3. The molecular weight excluding hydrogens is 661 g/mol. The highest BCUT2D eigenvalue weighted by molar-refractivity contribution is 5.65. The van der Waals surface area contributed by atoms with Crippen LogP contribution in [0.4, 0.5) is 0 Å². The van der Waals surface area contributed by atoms with Gasteiger partial charge in [-0.1, -0.05) is 258 Å². The number of rotatable bonds is 26. The van der Waals surface area contributed by atoms with Gasteiger partial charge in [-0.25, -0.2) is 0 Å². The van der Waals surface area contributed by atoms with Crippen molar-refractivity contribution in [2.75, 3.05) is 0 Å². The molecule has 0 N–H and O–H groups in total. The van der Waals surface area contributed by atoms with Gasteiger partial charge in [0.05, 0.1) is 0 Å². The molecule has 0 radical (unpaired) electrons. The van der Waals surface area contributed by atoms with Crippen LogP contribution in [0.3, 0.4) is 0 Å². The lowest BCUT2D eigenvalue weighted by Gasteiger charge is -2.20. The topological polar surface area (TPSA) is 0 Å². The van der Waals surface area contributed by atoms with Crippen LogP contribution < -0.4 is 0 Å². The van der Waals surface area contributed by atoms with Gasteiger partial charge < -0.3 is 0 Å². The highest BCUT2D eigenvalue weighted by atomic mass is 14.2. The highest BCUT2D eigenvalue weighted by Gasteiger charge is 2.15. The van der Waals surface area contributed by atoms with Crippen molar-refractivity contribution in [2.45, 2.75) is 223 Å². The summed E-state index contributed by atoms with van der Waals surface area (Å²) in [6.45, 7) is 34.9. The van der Waals surface area contributed by atoms with Crippen molar-refractivity contribution in [3.05, 3.63) is 102 Å². The molecule has 2 unspecified atom stereocenters. The Balaban J connectivity index is 0.00000231. The maximum absolute atomic E-state index is 4.50. The Morgan fingerprint density at radius 3 is 1.38 bits per heavy atom. The Morgan fingerprint density at radius 1 is 0.582 bits per heavy atom. The van der Waals surface area contributed by atoms with Crippen LogP contribution in [0.5, 0.6) is 0 Å². The van der Waals surface area contributed by atoms with E-state index < -0.39 is 0 Å². The minimum absolute atomic E-state index is 0.226. The molecule has 0 aliphatic heterocycles. The average molecular weight is 755 g/mol. The van der Waals surface area contributed by atoms with Crippen LogP contribution in [-0.4, -0.2) is 0 Å². The Kier molecular flexibility index (Phi) is 30.4. The molecule has 2 atom stereocenters. The summed E-state index contributed by atoms with van der Waals surface area (Å²) in [4.78, 5) is 0. The van der Waals surface area contributed by atoms with Gasteiger partial charge in [-0.05, 0) is 89.5 Å². The predicted molar refractivity (Wildman–Crippen MR) is 255 cm³/mol. The van der Waals surface area contributed by atoms with Gasteiger partial charge in [-0.2, -0.15) is 0 Å². The summed E-state index contributed by atoms with van der Waals surface area (Å²) >= 11 is 0. The van der Waals surface area contributed by atoms with E-state index in [0.717, 1.165) is 6.42 Å². The van der Waals surface area contributed by atoms with Crippen LogP contribution in [0.1, 0.15) is 227 Å². The molecule has 55 heavy (non-hydrogen) atoms. The molecule has 0 aromatic heterocycles. The average Bonchev–Trinajstić information content (AvgIpc) is 3.15. The fourth-order valence-electron chi connectivity index (χ4n) is 7.03. The molecule has 0 heterocycles. The summed E-state index contributed by atoms with van der Waals surface area (Å²) < 4.78 is 0. The fraction of sp³-hybridized carbons (Fsp3) is 0.673. The second-order valence-corrected chi connectivity index (χ2v) is 18.6. The number of benzene rings is 2. The molecule has 0 fully saturated rings. The van der Waals surface area contributed by atoms with Crippen molar-refractivity contribution in [1.82, 2.24) is 0 Å². The number of allylic oxidation sites excluding steroid dienone is 4. The summed E-state index contributed by atoms with van der Waals surface area (Å²) in [6, 6.07) is 18.6. The third kappa shape index (κ3) is 27.0. The quantitative estimate of drug-likeness (QED) is 0.0663. The lowest BCUT2D eigenvalue weighted by atomic mass is 9.85. The van der Waals surface area contributed by atoms with Crippen molar-refractivity contribution in [3.8, 4) is 0 Å². The first-order chi connectivity index (χ1) is 26.2. The molecule has 0 amide bonds. The third-order valence-electron chi connectivity index (χ3n) is 11.3. The molecule has 314 valence electrons. The zero-order valence-corrected chi connectivity index (χ0v) is 39.2. The Morgan fingerprint density at radius 2 is 1.00 bits per heavy atom. The molecule has 0 bridgehead atoms. The first kappa shape index (κ1) is 52.7. The standard InChI is InChI=1S/C44H72.C9H16.C2H6/c1-8-9-10-11-12-13-14-15-16-17-18-19-20-21-22-23-24-25-40-28-32-42(33-29-40)39(4)38(3)27-26-37(2)36-41-30-34-43(35-31-41)44(5,6)7;1-6-7-8(2)9(3,4)5;1-2/h28-35,37-38H,4,8-27,36H2,1-3,5-7H3;6-7H,2H2,1,3-5H3;1-2H3/b;7-6-;. The minimum atomic E-state index is 0.226. The predicted octanol–water partition coefficient (Wildman–Crippen LogP) is 18.7. The van der Waals surface area contributed by atoms with E-state index in [4.69, 9.17) is 0 Å². The van der Waals surface area contributed by atoms with E-state index in [1.807, 2.05) is 26.8 Å². The lowest BCUT2D eigenvalue weighted by molar-refractivity contribution is 0.473. The number of unbranched alkanes of at least 4 members (excludes halogenated alkanes) is 16. The van der Waals surface area contributed by atoms with E-state index in [1.54, 1.807) is 0 Å². The molecule has 0 nitrogen and oxygen atoms in total. The zero-order valence-electron chi connectivity index (χ0n) is 39.2. The zero-order chi connectivity index (χ0) is 41.5. The summed E-state index contributed by atoms with van der Waals surface area (Å²) in [5, 5.41) is 0. The van der Waals surface area contributed by atoms with Gasteiger partial charge >= 0.3 is 0 Å². The Hall–Kier alpha value is -2.34. The van der Waals surface area contributed by atoms with Gasteiger partial charge in [0.1, 0.15) is 0 Å². The maximum Gasteiger partial charge on any atom is -0.0132 e. The largest absolute Gasteiger partial charge is 0.0953 e. The van der Waals surface area contributed by atoms with Crippen LogP contribution in [-0.2, 0) is 18.3 Å². The molecular formula is C55H94. The fourth-order valence-corrected chi connectivity index (χ4v) is 7.03. The Bertz CT molecular complexity index is 1220. The van der Waals surface area contributed by atoms with E-state index in [0.29, 0.717) is 11.8 Å². The number of hydrogen-bond acceptors (Lipinski definition) is 0. The van der Waals surface area contributed by atoms with E-state index in [1.165, 1.54) is 162 Å². The maximum atomic E-state index is 4.50. The molecule has 0 aliphatic carbocycles. The molecule has 0 saturated carbocycles. The number of hydrogen-bond donors (Lipinski definition) is 0. The van der Waals surface area contributed by atoms with Crippen molar-refractivity contribution < 1.29 is 0 Å². The third-order valence-corrected chi connectivity index (χ3v) is 11.3. The van der Waals surface area contributed by atoms with E-state index in [2.05, 4.69) is 130 Å². The molecule has 2 aromatic carbocycles. The highest BCUT2D eigenvalue weighted by Crippen LogP contribution is 2.29. The van der Waals surface area contributed by atoms with Crippen LogP contribution in [0.25, 0.3) is 5.57 Å². The van der Waals surface area contributed by atoms with Crippen molar-refractivity contribution in [1.29, 1.82) is 0 Å². The lowest BCUT2D eigenvalue weighted by Crippen LogP contribution is -2.11. The second kappa shape index (κ2) is 31.7. The van der Waals surface area contributed by atoms with Gasteiger partial charge in [0.15, 0.2) is 0 Å². The molecule has 2 rings (SSSR count). The molecule has 0 spiro atoms. The van der Waals surface area contributed by atoms with Gasteiger partial charge in [0.25, 0.3) is 0 Å². The minimum Gasteiger partial charge on any atom is -0.0953 e. The summed E-state index contributed by atoms with van der Waals surface area (Å²) in [7, 11) is 0. The SMILES string of the molecule is C=C(/C=C\C)C(C)(C)C.C=C(c1ccc(CCCCCCCCCCCCCCCCCCC)cc1)C(C)CCC(C)Cc1ccc(C(C)(C)C)cc1.CC. The van der Waals surface area contributed by atoms with E-state index >= 15 is 0 Å². The molecule has 2 aromatic rings. The van der Waals surface area contributed by atoms with Crippen molar-refractivity contribution >= 4 is 5.57 Å². The number of aryl methyl sites for hydroxylation is 1. The van der Waals surface area contributed by atoms with Crippen LogP contribution in [0, 0.1) is 17.3 Å². The second-order valence-electron chi connectivity index (χ2n) is 18.6. The normalized spacial score (nSPS) is 12.7. The summed E-state index contributed by atoms with van der Waals surface area (Å²) in [5.74, 6) is 1.22. The van der Waals surface area contributed by atoms with E-state index in [9.17, 15) is 0 Å². The van der Waals surface area contributed by atoms with Gasteiger partial charge in [0, 0.05) is 0 Å². The molecule has 0 aliphatic rings. The van der Waals surface area contributed by atoms with Gasteiger partial charge in [0.2, 0.25) is 0 Å². The smallest absolute Gasteiger partial charge is 0.0132 e. The van der Waals surface area contributed by atoms with Crippen LogP contribution in [0.15, 0.2) is 79.4 Å². The monoisotopic (exact) mass is 755 g/mol. The van der Waals surface area contributed by atoms with E-state index in [-0.39, 0.29) is 10.8 Å².